The molecule has 0 rings (SSSR count). The van der Waals surface area contributed by atoms with Gasteiger partial charge in [-0.05, 0) is 26.2 Å². The lowest BCUT2D eigenvalue weighted by Gasteiger charge is -2.16. The average molecular weight is 237 g/mol. The molecule has 2 unspecified atom stereocenters. The molecule has 0 aromatic rings. The van der Waals surface area contributed by atoms with E-state index >= 15 is 0 Å². The molecule has 0 radical (unpaired) electrons. The maximum Gasteiger partial charge on any atom is 0.220 e. The van der Waals surface area contributed by atoms with Crippen molar-refractivity contribution in [2.45, 2.75) is 65.0 Å². The third-order valence-electron chi connectivity index (χ3n) is 2.32. The van der Waals surface area contributed by atoms with Crippen LogP contribution >= 0.6 is 12.4 Å². The summed E-state index contributed by atoms with van der Waals surface area (Å²) in [6, 6.07) is 0.465. The van der Waals surface area contributed by atoms with Gasteiger partial charge in [-0.25, -0.2) is 0 Å². The molecule has 4 heteroatoms. The topological polar surface area (TPSA) is 55.1 Å². The van der Waals surface area contributed by atoms with Gasteiger partial charge in [0.1, 0.15) is 0 Å². The van der Waals surface area contributed by atoms with E-state index in [1.807, 2.05) is 6.92 Å². The SMILES string of the molecule is CCCC(CC)NC(=O)CCC(C)N.Cl. The third-order valence-corrected chi connectivity index (χ3v) is 2.32. The number of hydrogen-bond donors (Lipinski definition) is 2. The lowest BCUT2D eigenvalue weighted by atomic mass is 10.1. The molecule has 0 heterocycles. The minimum atomic E-state index is 0. The van der Waals surface area contributed by atoms with E-state index in [0.717, 1.165) is 25.7 Å². The Morgan fingerprint density at radius 2 is 1.93 bits per heavy atom. The largest absolute Gasteiger partial charge is 0.353 e. The van der Waals surface area contributed by atoms with Gasteiger partial charge in [-0.2, -0.15) is 0 Å². The lowest BCUT2D eigenvalue weighted by molar-refractivity contribution is -0.122. The predicted molar refractivity (Wildman–Crippen MR) is 67.3 cm³/mol. The molecule has 0 aromatic heterocycles. The maximum atomic E-state index is 11.4. The number of amides is 1. The first-order valence-corrected chi connectivity index (χ1v) is 5.65. The van der Waals surface area contributed by atoms with E-state index in [-0.39, 0.29) is 24.4 Å². The van der Waals surface area contributed by atoms with Crippen LogP contribution in [0.15, 0.2) is 0 Å². The fourth-order valence-corrected chi connectivity index (χ4v) is 1.39. The Labute approximate surface area is 99.6 Å². The molecule has 3 N–H and O–H groups in total. The van der Waals surface area contributed by atoms with Crippen molar-refractivity contribution in [1.29, 1.82) is 0 Å². The molecule has 0 saturated carbocycles. The van der Waals surface area contributed by atoms with Crippen LogP contribution in [0.4, 0.5) is 0 Å². The van der Waals surface area contributed by atoms with Crippen molar-refractivity contribution >= 4 is 18.3 Å². The van der Waals surface area contributed by atoms with Crippen molar-refractivity contribution < 1.29 is 4.79 Å². The van der Waals surface area contributed by atoms with Crippen molar-refractivity contribution in [2.24, 2.45) is 5.73 Å². The molecule has 3 nitrogen and oxygen atoms in total. The number of carbonyl (C=O) groups excluding carboxylic acids is 1. The van der Waals surface area contributed by atoms with E-state index in [1.165, 1.54) is 0 Å². The molecule has 0 fully saturated rings. The van der Waals surface area contributed by atoms with Crippen LogP contribution in [-0.4, -0.2) is 18.0 Å². The number of nitrogens with one attached hydrogen (secondary N) is 1. The van der Waals surface area contributed by atoms with Gasteiger partial charge in [-0.1, -0.05) is 20.3 Å². The zero-order valence-corrected chi connectivity index (χ0v) is 10.9. The summed E-state index contributed by atoms with van der Waals surface area (Å²) in [5.41, 5.74) is 5.58. The van der Waals surface area contributed by atoms with E-state index < -0.39 is 0 Å². The van der Waals surface area contributed by atoms with E-state index in [0.29, 0.717) is 12.5 Å². The van der Waals surface area contributed by atoms with Crippen molar-refractivity contribution in [3.05, 3.63) is 0 Å². The van der Waals surface area contributed by atoms with Crippen LogP contribution in [0.1, 0.15) is 52.9 Å². The van der Waals surface area contributed by atoms with Crippen LogP contribution in [0, 0.1) is 0 Å². The van der Waals surface area contributed by atoms with Crippen LogP contribution in [0.5, 0.6) is 0 Å². The molecular formula is C11H25ClN2O. The zero-order chi connectivity index (χ0) is 11.0. The fourth-order valence-electron chi connectivity index (χ4n) is 1.39. The first-order valence-electron chi connectivity index (χ1n) is 5.65. The molecule has 0 aromatic carbocycles. The van der Waals surface area contributed by atoms with Gasteiger partial charge in [0.2, 0.25) is 5.91 Å². The minimum Gasteiger partial charge on any atom is -0.353 e. The molecule has 1 amide bonds. The van der Waals surface area contributed by atoms with Crippen molar-refractivity contribution in [2.75, 3.05) is 0 Å². The highest BCUT2D eigenvalue weighted by Gasteiger charge is 2.09. The number of carbonyl (C=O) groups is 1. The van der Waals surface area contributed by atoms with Gasteiger partial charge < -0.3 is 11.1 Å². The van der Waals surface area contributed by atoms with Gasteiger partial charge >= 0.3 is 0 Å². The summed E-state index contributed by atoms with van der Waals surface area (Å²) in [5, 5.41) is 3.03. The number of hydrogen-bond acceptors (Lipinski definition) is 2. The van der Waals surface area contributed by atoms with Crippen molar-refractivity contribution in [1.82, 2.24) is 5.32 Å². The second-order valence-corrected chi connectivity index (χ2v) is 3.98. The molecule has 0 spiro atoms. The number of rotatable bonds is 7. The average Bonchev–Trinajstić information content (AvgIpc) is 2.14. The second-order valence-electron chi connectivity index (χ2n) is 3.98. The molecule has 2 atom stereocenters. The van der Waals surface area contributed by atoms with Crippen molar-refractivity contribution in [3.63, 3.8) is 0 Å². The summed E-state index contributed by atoms with van der Waals surface area (Å²) in [4.78, 5) is 11.4. The molecule has 0 bridgehead atoms. The van der Waals surface area contributed by atoms with Crippen molar-refractivity contribution in [3.8, 4) is 0 Å². The fraction of sp³-hybridized carbons (Fsp3) is 0.909. The minimum absolute atomic E-state index is 0. The summed E-state index contributed by atoms with van der Waals surface area (Å²) >= 11 is 0. The van der Waals surface area contributed by atoms with E-state index in [2.05, 4.69) is 19.2 Å². The highest BCUT2D eigenvalue weighted by molar-refractivity contribution is 5.85. The summed E-state index contributed by atoms with van der Waals surface area (Å²) < 4.78 is 0. The maximum absolute atomic E-state index is 11.4. The molecule has 0 aliphatic rings. The van der Waals surface area contributed by atoms with Crippen LogP contribution in [-0.2, 0) is 4.79 Å². The van der Waals surface area contributed by atoms with Crippen LogP contribution < -0.4 is 11.1 Å². The van der Waals surface area contributed by atoms with E-state index in [1.54, 1.807) is 0 Å². The highest BCUT2D eigenvalue weighted by Crippen LogP contribution is 2.02. The van der Waals surface area contributed by atoms with Gasteiger partial charge in [0.25, 0.3) is 0 Å². The Morgan fingerprint density at radius 1 is 1.33 bits per heavy atom. The van der Waals surface area contributed by atoms with Gasteiger partial charge in [0.05, 0.1) is 0 Å². The zero-order valence-electron chi connectivity index (χ0n) is 10.1. The summed E-state index contributed by atoms with van der Waals surface area (Å²) in [6.45, 7) is 6.17. The lowest BCUT2D eigenvalue weighted by Crippen LogP contribution is -2.34. The Kier molecular flexibility index (Phi) is 11.7. The van der Waals surface area contributed by atoms with Gasteiger partial charge in [0.15, 0.2) is 0 Å². The van der Waals surface area contributed by atoms with E-state index in [9.17, 15) is 4.79 Å². The summed E-state index contributed by atoms with van der Waals surface area (Å²) in [7, 11) is 0. The van der Waals surface area contributed by atoms with Crippen LogP contribution in [0.25, 0.3) is 0 Å². The molecule has 92 valence electrons. The monoisotopic (exact) mass is 236 g/mol. The van der Waals surface area contributed by atoms with Gasteiger partial charge in [-0.15, -0.1) is 12.4 Å². The number of nitrogens with two attached hydrogens (primary N) is 1. The second kappa shape index (κ2) is 10.2. The molecule has 0 saturated heterocycles. The first kappa shape index (κ1) is 17.1. The predicted octanol–water partition coefficient (Wildman–Crippen LogP) is 2.23. The van der Waals surface area contributed by atoms with E-state index in [4.69, 9.17) is 5.73 Å². The van der Waals surface area contributed by atoms with Crippen LogP contribution in [0.2, 0.25) is 0 Å². The highest BCUT2D eigenvalue weighted by atomic mass is 35.5. The standard InChI is InChI=1S/C11H24N2O.ClH/c1-4-6-10(5-2)13-11(14)8-7-9(3)12;/h9-10H,4-8,12H2,1-3H3,(H,13,14);1H. The first-order chi connectivity index (χ1) is 6.60. The Balaban J connectivity index is 0. The molecular weight excluding hydrogens is 212 g/mol. The number of halogens is 1. The quantitative estimate of drug-likeness (QED) is 0.712. The Morgan fingerprint density at radius 3 is 2.33 bits per heavy atom. The molecule has 0 aliphatic heterocycles. The normalized spacial score (nSPS) is 13.9. The summed E-state index contributed by atoms with van der Waals surface area (Å²) in [5.74, 6) is 0.141. The van der Waals surface area contributed by atoms with Gasteiger partial charge in [-0.3, -0.25) is 4.79 Å². The summed E-state index contributed by atoms with van der Waals surface area (Å²) in [6.07, 6.45) is 4.52. The third kappa shape index (κ3) is 10.0. The molecule has 0 aliphatic carbocycles. The van der Waals surface area contributed by atoms with Crippen LogP contribution in [0.3, 0.4) is 0 Å². The Hall–Kier alpha value is -0.280. The molecule has 15 heavy (non-hydrogen) atoms. The van der Waals surface area contributed by atoms with Gasteiger partial charge in [0, 0.05) is 18.5 Å². The Bertz CT molecular complexity index is 163. The smallest absolute Gasteiger partial charge is 0.220 e.